The molecule has 2 rings (SSSR count). The summed E-state index contributed by atoms with van der Waals surface area (Å²) in [6.07, 6.45) is 7.07. The van der Waals surface area contributed by atoms with Crippen LogP contribution < -0.4 is 10.2 Å². The van der Waals surface area contributed by atoms with Crippen molar-refractivity contribution in [2.45, 2.75) is 45.6 Å². The number of rotatable bonds is 5. The predicted octanol–water partition coefficient (Wildman–Crippen LogP) is 2.75. The average Bonchev–Trinajstić information content (AvgIpc) is 2.39. The lowest BCUT2D eigenvalue weighted by Crippen LogP contribution is -2.44. The average molecular weight is 247 g/mol. The molecular weight excluding hydrogens is 222 g/mol. The molecular formula is C15H25N3. The molecule has 3 nitrogen and oxygen atoms in total. The fourth-order valence-electron chi connectivity index (χ4n) is 2.61. The van der Waals surface area contributed by atoms with Crippen LogP contribution in [-0.4, -0.2) is 30.7 Å². The minimum atomic E-state index is 0.632. The van der Waals surface area contributed by atoms with Crippen molar-refractivity contribution >= 4 is 5.82 Å². The minimum absolute atomic E-state index is 0.632. The molecule has 0 aliphatic carbocycles. The Labute approximate surface area is 111 Å². The molecule has 0 saturated carbocycles. The molecule has 100 valence electrons. The van der Waals surface area contributed by atoms with E-state index in [9.17, 15) is 0 Å². The maximum Gasteiger partial charge on any atom is 0.128 e. The van der Waals surface area contributed by atoms with E-state index in [1.165, 1.54) is 37.8 Å². The Bertz CT molecular complexity index is 359. The fraction of sp³-hybridized carbons (Fsp3) is 0.667. The number of nitrogens with zero attached hydrogens (tertiary/aromatic N) is 2. The van der Waals surface area contributed by atoms with Gasteiger partial charge in [0, 0.05) is 25.3 Å². The van der Waals surface area contributed by atoms with Crippen molar-refractivity contribution in [2.24, 2.45) is 0 Å². The van der Waals surface area contributed by atoms with Gasteiger partial charge in [-0.3, -0.25) is 0 Å². The van der Waals surface area contributed by atoms with Gasteiger partial charge in [-0.15, -0.1) is 0 Å². The number of anilines is 1. The van der Waals surface area contributed by atoms with Crippen LogP contribution in [0.15, 0.2) is 18.3 Å². The van der Waals surface area contributed by atoms with E-state index in [1.807, 2.05) is 6.20 Å². The molecule has 3 heteroatoms. The highest BCUT2D eigenvalue weighted by atomic mass is 15.2. The molecule has 0 radical (unpaired) electrons. The molecule has 1 aliphatic heterocycles. The van der Waals surface area contributed by atoms with Gasteiger partial charge in [0.25, 0.3) is 0 Å². The Hall–Kier alpha value is -1.09. The molecule has 1 unspecified atom stereocenters. The Morgan fingerprint density at radius 1 is 1.44 bits per heavy atom. The molecule has 1 saturated heterocycles. The van der Waals surface area contributed by atoms with Crippen LogP contribution >= 0.6 is 0 Å². The fourth-order valence-corrected chi connectivity index (χ4v) is 2.61. The van der Waals surface area contributed by atoms with Crippen molar-refractivity contribution in [1.82, 2.24) is 10.3 Å². The highest BCUT2D eigenvalue weighted by Crippen LogP contribution is 2.16. The second kappa shape index (κ2) is 6.74. The molecule has 1 N–H and O–H groups in total. The number of aryl methyl sites for hydroxylation is 1. The zero-order chi connectivity index (χ0) is 12.8. The van der Waals surface area contributed by atoms with Gasteiger partial charge < -0.3 is 10.2 Å². The number of pyridine rings is 1. The minimum Gasteiger partial charge on any atom is -0.355 e. The number of piperidine rings is 1. The van der Waals surface area contributed by atoms with Gasteiger partial charge in [-0.2, -0.15) is 0 Å². The normalized spacial score (nSPS) is 19.8. The molecule has 2 heterocycles. The second-order valence-corrected chi connectivity index (χ2v) is 5.28. The van der Waals surface area contributed by atoms with E-state index in [-0.39, 0.29) is 0 Å². The zero-order valence-electron chi connectivity index (χ0n) is 11.7. The Kier molecular flexibility index (Phi) is 5.00. The summed E-state index contributed by atoms with van der Waals surface area (Å²) >= 11 is 0. The van der Waals surface area contributed by atoms with Crippen molar-refractivity contribution < 1.29 is 0 Å². The second-order valence-electron chi connectivity index (χ2n) is 5.28. The monoisotopic (exact) mass is 247 g/mol. The van der Waals surface area contributed by atoms with Crippen LogP contribution in [0.5, 0.6) is 0 Å². The summed E-state index contributed by atoms with van der Waals surface area (Å²) in [5.74, 6) is 1.13. The van der Waals surface area contributed by atoms with Gasteiger partial charge >= 0.3 is 0 Å². The summed E-state index contributed by atoms with van der Waals surface area (Å²) in [5, 5.41) is 3.62. The van der Waals surface area contributed by atoms with Crippen molar-refractivity contribution in [3.63, 3.8) is 0 Å². The van der Waals surface area contributed by atoms with Crippen LogP contribution in [0.1, 0.15) is 38.2 Å². The Morgan fingerprint density at radius 2 is 2.33 bits per heavy atom. The quantitative estimate of drug-likeness (QED) is 0.867. The van der Waals surface area contributed by atoms with Gasteiger partial charge in [0.2, 0.25) is 0 Å². The van der Waals surface area contributed by atoms with Crippen LogP contribution in [0.25, 0.3) is 0 Å². The number of hydrogen-bond donors (Lipinski definition) is 1. The topological polar surface area (TPSA) is 28.2 Å². The van der Waals surface area contributed by atoms with Gasteiger partial charge in [0.15, 0.2) is 0 Å². The zero-order valence-corrected chi connectivity index (χ0v) is 11.7. The van der Waals surface area contributed by atoms with E-state index in [4.69, 9.17) is 0 Å². The van der Waals surface area contributed by atoms with Gasteiger partial charge in [0.05, 0.1) is 0 Å². The van der Waals surface area contributed by atoms with E-state index < -0.39 is 0 Å². The first kappa shape index (κ1) is 13.3. The number of hydrogen-bond acceptors (Lipinski definition) is 3. The summed E-state index contributed by atoms with van der Waals surface area (Å²) in [4.78, 5) is 6.95. The summed E-state index contributed by atoms with van der Waals surface area (Å²) in [6.45, 7) is 7.72. The van der Waals surface area contributed by atoms with E-state index in [2.05, 4.69) is 41.2 Å². The predicted molar refractivity (Wildman–Crippen MR) is 77.1 cm³/mol. The first-order chi connectivity index (χ1) is 8.79. The van der Waals surface area contributed by atoms with Crippen molar-refractivity contribution in [3.05, 3.63) is 23.9 Å². The highest BCUT2D eigenvalue weighted by molar-refractivity contribution is 5.40. The summed E-state index contributed by atoms with van der Waals surface area (Å²) in [7, 11) is 0. The van der Waals surface area contributed by atoms with Crippen molar-refractivity contribution in [3.8, 4) is 0 Å². The van der Waals surface area contributed by atoms with Gasteiger partial charge in [-0.1, -0.05) is 13.3 Å². The first-order valence-electron chi connectivity index (χ1n) is 7.20. The van der Waals surface area contributed by atoms with Gasteiger partial charge in [-0.05, 0) is 50.4 Å². The van der Waals surface area contributed by atoms with Crippen LogP contribution in [0.3, 0.4) is 0 Å². The third-order valence-electron chi connectivity index (χ3n) is 3.57. The lowest BCUT2D eigenvalue weighted by molar-refractivity contribution is 0.398. The van der Waals surface area contributed by atoms with Crippen LogP contribution in [0.2, 0.25) is 0 Å². The number of aromatic nitrogens is 1. The molecule has 1 aromatic heterocycles. The smallest absolute Gasteiger partial charge is 0.128 e. The summed E-state index contributed by atoms with van der Waals surface area (Å²) < 4.78 is 0. The SMILES string of the molecule is CCCN(CC1CCCCN1)c1cc(C)ccn1. The van der Waals surface area contributed by atoms with E-state index >= 15 is 0 Å². The first-order valence-corrected chi connectivity index (χ1v) is 7.20. The largest absolute Gasteiger partial charge is 0.355 e. The third-order valence-corrected chi connectivity index (χ3v) is 3.57. The Balaban J connectivity index is 2.02. The maximum absolute atomic E-state index is 4.52. The molecule has 0 amide bonds. The maximum atomic E-state index is 4.52. The van der Waals surface area contributed by atoms with E-state index in [0.717, 1.165) is 18.9 Å². The molecule has 0 spiro atoms. The molecule has 0 aromatic carbocycles. The number of nitrogens with one attached hydrogen (secondary N) is 1. The van der Waals surface area contributed by atoms with Gasteiger partial charge in [0.1, 0.15) is 5.82 Å². The van der Waals surface area contributed by atoms with Crippen LogP contribution in [0.4, 0.5) is 5.82 Å². The highest BCUT2D eigenvalue weighted by Gasteiger charge is 2.17. The van der Waals surface area contributed by atoms with Crippen molar-refractivity contribution in [1.29, 1.82) is 0 Å². The van der Waals surface area contributed by atoms with E-state index in [0.29, 0.717) is 6.04 Å². The van der Waals surface area contributed by atoms with E-state index in [1.54, 1.807) is 0 Å². The lowest BCUT2D eigenvalue weighted by atomic mass is 10.0. The standard InChI is InChI=1S/C15H25N3/c1-3-10-18(12-14-6-4-5-8-16-14)15-11-13(2)7-9-17-15/h7,9,11,14,16H,3-6,8,10,12H2,1-2H3. The Morgan fingerprint density at radius 3 is 3.00 bits per heavy atom. The molecule has 1 atom stereocenters. The third kappa shape index (κ3) is 3.70. The van der Waals surface area contributed by atoms with Crippen molar-refractivity contribution in [2.75, 3.05) is 24.5 Å². The summed E-state index contributed by atoms with van der Waals surface area (Å²) in [5.41, 5.74) is 1.29. The molecule has 1 aromatic rings. The molecule has 1 aliphatic rings. The van der Waals surface area contributed by atoms with Crippen LogP contribution in [0, 0.1) is 6.92 Å². The lowest BCUT2D eigenvalue weighted by Gasteiger charge is -2.31. The summed E-state index contributed by atoms with van der Waals surface area (Å²) in [6, 6.07) is 4.89. The van der Waals surface area contributed by atoms with Gasteiger partial charge in [-0.25, -0.2) is 4.98 Å². The molecule has 0 bridgehead atoms. The molecule has 18 heavy (non-hydrogen) atoms. The molecule has 1 fully saturated rings. The van der Waals surface area contributed by atoms with Crippen LogP contribution in [-0.2, 0) is 0 Å².